The van der Waals surface area contributed by atoms with Crippen molar-refractivity contribution in [1.82, 2.24) is 14.0 Å². The Kier molecular flexibility index (Phi) is 5.70. The molecule has 176 valence electrons. The summed E-state index contributed by atoms with van der Waals surface area (Å²) in [6, 6.07) is 17.0. The van der Waals surface area contributed by atoms with Gasteiger partial charge in [-0.3, -0.25) is 0 Å². The van der Waals surface area contributed by atoms with Gasteiger partial charge in [0.25, 0.3) is 0 Å². The summed E-state index contributed by atoms with van der Waals surface area (Å²) >= 11 is 0. The smallest absolute Gasteiger partial charge is 0.248 e. The number of benzene rings is 2. The van der Waals surface area contributed by atoms with Crippen LogP contribution in [0.3, 0.4) is 0 Å². The summed E-state index contributed by atoms with van der Waals surface area (Å²) < 4.78 is 35.5. The summed E-state index contributed by atoms with van der Waals surface area (Å²) in [7, 11) is -3.65. The molecule has 0 radical (unpaired) electrons. The van der Waals surface area contributed by atoms with Crippen molar-refractivity contribution in [3.63, 3.8) is 0 Å². The van der Waals surface area contributed by atoms with Gasteiger partial charge in [0.15, 0.2) is 5.76 Å². The maximum atomic E-state index is 13.2. The molecule has 2 aromatic carbocycles. The fourth-order valence-electron chi connectivity index (χ4n) is 5.07. The molecular formula is C27H29N3O3S. The van der Waals surface area contributed by atoms with Crippen LogP contribution in [0.2, 0.25) is 0 Å². The minimum Gasteiger partial charge on any atom is -0.360 e. The van der Waals surface area contributed by atoms with Crippen LogP contribution in [-0.2, 0) is 16.6 Å². The molecular weight excluding hydrogens is 446 g/mol. The van der Waals surface area contributed by atoms with Crippen molar-refractivity contribution < 1.29 is 12.9 Å². The van der Waals surface area contributed by atoms with Gasteiger partial charge in [0, 0.05) is 41.8 Å². The Hall–Kier alpha value is -3.16. The Labute approximate surface area is 200 Å². The van der Waals surface area contributed by atoms with Crippen LogP contribution in [0.5, 0.6) is 0 Å². The zero-order valence-electron chi connectivity index (χ0n) is 20.0. The van der Waals surface area contributed by atoms with E-state index >= 15 is 0 Å². The lowest BCUT2D eigenvalue weighted by Crippen LogP contribution is -2.35. The second-order valence-electron chi connectivity index (χ2n) is 8.99. The Balaban J connectivity index is 1.52. The fourth-order valence-corrected chi connectivity index (χ4v) is 6.74. The number of sulfonamides is 1. The van der Waals surface area contributed by atoms with E-state index in [4.69, 9.17) is 4.52 Å². The first-order valence-electron chi connectivity index (χ1n) is 11.5. The molecule has 34 heavy (non-hydrogen) atoms. The summed E-state index contributed by atoms with van der Waals surface area (Å²) in [4.78, 5) is 0.190. The summed E-state index contributed by atoms with van der Waals surface area (Å²) in [5.74, 6) is 0.336. The van der Waals surface area contributed by atoms with Crippen molar-refractivity contribution in [2.45, 2.75) is 45.6 Å². The largest absolute Gasteiger partial charge is 0.360 e. The van der Waals surface area contributed by atoms with Crippen LogP contribution in [0.4, 0.5) is 0 Å². The highest BCUT2D eigenvalue weighted by Gasteiger charge is 2.32. The van der Waals surface area contributed by atoms with Gasteiger partial charge in [-0.2, -0.15) is 4.31 Å². The normalized spacial score (nSPS) is 15.1. The molecule has 0 amide bonds. The Morgan fingerprint density at radius 2 is 1.74 bits per heavy atom. The van der Waals surface area contributed by atoms with E-state index in [9.17, 15) is 8.42 Å². The van der Waals surface area contributed by atoms with Crippen LogP contribution in [0.25, 0.3) is 16.5 Å². The van der Waals surface area contributed by atoms with E-state index in [1.54, 1.807) is 13.8 Å². The van der Waals surface area contributed by atoms with E-state index < -0.39 is 10.0 Å². The van der Waals surface area contributed by atoms with Crippen LogP contribution in [0, 0.1) is 27.7 Å². The number of aromatic nitrogens is 2. The average molecular weight is 476 g/mol. The second kappa shape index (κ2) is 8.56. The third-order valence-corrected chi connectivity index (χ3v) is 8.99. The van der Waals surface area contributed by atoms with E-state index in [2.05, 4.69) is 78.2 Å². The molecule has 0 bridgehead atoms. The average Bonchev–Trinajstić information content (AvgIpc) is 3.31. The number of rotatable bonds is 5. The van der Waals surface area contributed by atoms with Gasteiger partial charge >= 0.3 is 0 Å². The Morgan fingerprint density at radius 1 is 1.00 bits per heavy atom. The monoisotopic (exact) mass is 475 g/mol. The van der Waals surface area contributed by atoms with E-state index in [1.807, 2.05) is 0 Å². The van der Waals surface area contributed by atoms with Crippen molar-refractivity contribution in [3.05, 3.63) is 88.4 Å². The van der Waals surface area contributed by atoms with Gasteiger partial charge in [-0.15, -0.1) is 0 Å². The fraction of sp³-hybridized carbons (Fsp3) is 0.296. The summed E-state index contributed by atoms with van der Waals surface area (Å²) in [5.41, 5.74) is 7.80. The number of hydrogen-bond acceptors (Lipinski definition) is 4. The predicted octanol–water partition coefficient (Wildman–Crippen LogP) is 5.39. The van der Waals surface area contributed by atoms with Gasteiger partial charge in [0.1, 0.15) is 10.6 Å². The zero-order chi connectivity index (χ0) is 24.0. The molecule has 0 fully saturated rings. The van der Waals surface area contributed by atoms with Crippen molar-refractivity contribution in [3.8, 4) is 0 Å². The van der Waals surface area contributed by atoms with Crippen LogP contribution >= 0.6 is 0 Å². The zero-order valence-corrected chi connectivity index (χ0v) is 20.8. The number of fused-ring (bicyclic) bond motifs is 1. The molecule has 1 aliphatic heterocycles. The molecule has 0 atom stereocenters. The summed E-state index contributed by atoms with van der Waals surface area (Å²) in [5, 5.41) is 5.04. The predicted molar refractivity (Wildman–Crippen MR) is 134 cm³/mol. The van der Waals surface area contributed by atoms with Crippen molar-refractivity contribution in [2.75, 3.05) is 13.1 Å². The molecule has 0 aliphatic carbocycles. The highest BCUT2D eigenvalue weighted by atomic mass is 32.2. The molecule has 3 heterocycles. The maximum absolute atomic E-state index is 13.2. The van der Waals surface area contributed by atoms with Crippen LogP contribution < -0.4 is 0 Å². The quantitative estimate of drug-likeness (QED) is 0.388. The Bertz CT molecular complexity index is 1510. The molecule has 0 N–H and O–H groups in total. The van der Waals surface area contributed by atoms with Gasteiger partial charge in [-0.25, -0.2) is 8.42 Å². The summed E-state index contributed by atoms with van der Waals surface area (Å²) in [6.45, 7) is 9.19. The summed E-state index contributed by atoms with van der Waals surface area (Å²) in [6.07, 6.45) is 2.72. The van der Waals surface area contributed by atoms with Gasteiger partial charge in [-0.05, 0) is 56.9 Å². The molecule has 0 unspecified atom stereocenters. The molecule has 7 heteroatoms. The highest BCUT2D eigenvalue weighted by molar-refractivity contribution is 7.89. The second-order valence-corrected chi connectivity index (χ2v) is 10.9. The topological polar surface area (TPSA) is 68.3 Å². The van der Waals surface area contributed by atoms with E-state index in [0.717, 1.165) is 6.54 Å². The van der Waals surface area contributed by atoms with E-state index in [1.165, 1.54) is 43.2 Å². The SMILES string of the molecule is Cc1ccccc1Cn1c(C)c(C2=CCN(S(=O)(=O)c3c(C)noc3C)CC2)c2ccccc21. The van der Waals surface area contributed by atoms with Crippen LogP contribution in [0.15, 0.2) is 64.0 Å². The van der Waals surface area contributed by atoms with Gasteiger partial charge in [0.05, 0.1) is 0 Å². The maximum Gasteiger partial charge on any atom is 0.248 e. The van der Waals surface area contributed by atoms with Gasteiger partial charge in [-0.1, -0.05) is 53.7 Å². The first-order valence-corrected chi connectivity index (χ1v) is 13.0. The van der Waals surface area contributed by atoms with Crippen molar-refractivity contribution in [1.29, 1.82) is 0 Å². The molecule has 1 aliphatic rings. The van der Waals surface area contributed by atoms with Crippen LogP contribution in [-0.4, -0.2) is 35.5 Å². The highest BCUT2D eigenvalue weighted by Crippen LogP contribution is 2.36. The molecule has 4 aromatic rings. The molecule has 5 rings (SSSR count). The number of nitrogens with zero attached hydrogens (tertiary/aromatic N) is 3. The number of aryl methyl sites for hydroxylation is 3. The van der Waals surface area contributed by atoms with Crippen molar-refractivity contribution >= 4 is 26.5 Å². The van der Waals surface area contributed by atoms with Crippen molar-refractivity contribution in [2.24, 2.45) is 0 Å². The molecule has 0 saturated carbocycles. The number of para-hydroxylation sites is 1. The third kappa shape index (κ3) is 3.69. The van der Waals surface area contributed by atoms with Crippen LogP contribution in [0.1, 0.15) is 40.3 Å². The lowest BCUT2D eigenvalue weighted by Gasteiger charge is -2.26. The molecule has 0 spiro atoms. The first kappa shape index (κ1) is 22.6. The lowest BCUT2D eigenvalue weighted by atomic mass is 9.97. The lowest BCUT2D eigenvalue weighted by molar-refractivity contribution is 0.389. The standard InChI is InChI=1S/C27H29N3O3S/c1-18-9-5-6-10-23(18)17-30-20(3)26(24-11-7-8-12-25(24)30)22-13-15-29(16-14-22)34(31,32)27-19(2)28-33-21(27)4/h5-13H,14-17H2,1-4H3. The van der Waals surface area contributed by atoms with E-state index in [0.29, 0.717) is 31.0 Å². The molecule has 2 aromatic heterocycles. The minimum absolute atomic E-state index is 0.190. The van der Waals surface area contributed by atoms with E-state index in [-0.39, 0.29) is 4.90 Å². The third-order valence-electron chi connectivity index (χ3n) is 6.88. The minimum atomic E-state index is -3.65. The number of hydrogen-bond donors (Lipinski definition) is 0. The molecule has 6 nitrogen and oxygen atoms in total. The first-order chi connectivity index (χ1) is 16.3. The van der Waals surface area contributed by atoms with Gasteiger partial charge in [0.2, 0.25) is 10.0 Å². The van der Waals surface area contributed by atoms with Gasteiger partial charge < -0.3 is 9.09 Å². The Morgan fingerprint density at radius 3 is 2.41 bits per heavy atom. The molecule has 0 saturated heterocycles.